The molecule has 0 aliphatic heterocycles. The van der Waals surface area contributed by atoms with Crippen molar-refractivity contribution in [3.05, 3.63) is 91.1 Å². The second-order valence-corrected chi connectivity index (χ2v) is 9.57. The lowest BCUT2D eigenvalue weighted by Gasteiger charge is -2.09. The first-order valence-electron chi connectivity index (χ1n) is 10.9. The van der Waals surface area contributed by atoms with Crippen LogP contribution in [0.2, 0.25) is 10.0 Å². The number of amides is 1. The molecule has 0 radical (unpaired) electrons. The van der Waals surface area contributed by atoms with Crippen molar-refractivity contribution in [2.75, 3.05) is 5.32 Å². The number of hydrogen-bond donors (Lipinski definition) is 3. The van der Waals surface area contributed by atoms with Crippen LogP contribution in [0.1, 0.15) is 39.9 Å². The molecule has 0 fully saturated rings. The molecule has 2 aromatic heterocycles. The number of H-pyrrole nitrogens is 2. The number of hydrogen-bond acceptors (Lipinski definition) is 6. The van der Waals surface area contributed by atoms with Crippen LogP contribution in [-0.2, 0) is 12.2 Å². The Hall–Kier alpha value is -3.58. The van der Waals surface area contributed by atoms with E-state index in [-0.39, 0.29) is 17.2 Å². The number of carbonyl (C=O) groups excluding carboxylic acids is 1. The number of thioether (sulfide) groups is 1. The van der Waals surface area contributed by atoms with Gasteiger partial charge in [0, 0.05) is 29.1 Å². The molecular weight excluding hydrogens is 519 g/mol. The van der Waals surface area contributed by atoms with Crippen LogP contribution >= 0.6 is 35.0 Å². The Morgan fingerprint density at radius 2 is 1.92 bits per heavy atom. The van der Waals surface area contributed by atoms with Gasteiger partial charge in [-0.15, -0.1) is 0 Å². The van der Waals surface area contributed by atoms with E-state index in [2.05, 4.69) is 25.3 Å². The summed E-state index contributed by atoms with van der Waals surface area (Å²) in [7, 11) is 0. The highest BCUT2D eigenvalue weighted by atomic mass is 35.5. The monoisotopic (exact) mass is 538 g/mol. The smallest absolute Gasteiger partial charge is 0.270 e. The van der Waals surface area contributed by atoms with Gasteiger partial charge in [-0.25, -0.2) is 9.97 Å². The number of carbonyl (C=O) groups is 1. The highest BCUT2D eigenvalue weighted by Crippen LogP contribution is 2.27. The minimum absolute atomic E-state index is 0.0800. The van der Waals surface area contributed by atoms with Gasteiger partial charge in [-0.3, -0.25) is 9.59 Å². The summed E-state index contributed by atoms with van der Waals surface area (Å²) in [5.74, 6) is 0.897. The topological polar surface area (TPSA) is 127 Å². The molecule has 0 unspecified atom stereocenters. The maximum Gasteiger partial charge on any atom is 0.270 e. The lowest BCUT2D eigenvalue weighted by Crippen LogP contribution is -2.15. The predicted molar refractivity (Wildman–Crippen MR) is 142 cm³/mol. The first kappa shape index (κ1) is 25.5. The fourth-order valence-electron chi connectivity index (χ4n) is 3.45. The van der Waals surface area contributed by atoms with Crippen molar-refractivity contribution in [3.63, 3.8) is 0 Å². The number of anilines is 1. The molecule has 0 saturated heterocycles. The lowest BCUT2D eigenvalue weighted by atomic mass is 10.1. The molecule has 3 N–H and O–H groups in total. The largest absolute Gasteiger partial charge is 0.346 e. The number of nitriles is 1. The summed E-state index contributed by atoms with van der Waals surface area (Å²) in [6.45, 7) is 3.79. The Morgan fingerprint density at radius 1 is 1.11 bits per heavy atom. The molecule has 36 heavy (non-hydrogen) atoms. The van der Waals surface area contributed by atoms with Crippen LogP contribution in [0, 0.1) is 18.3 Å². The zero-order chi connectivity index (χ0) is 25.8. The van der Waals surface area contributed by atoms with Gasteiger partial charge in [0.25, 0.3) is 11.5 Å². The zero-order valence-corrected chi connectivity index (χ0v) is 21.6. The van der Waals surface area contributed by atoms with Gasteiger partial charge in [0.2, 0.25) is 0 Å². The third-order valence-electron chi connectivity index (χ3n) is 5.24. The maximum atomic E-state index is 12.6. The van der Waals surface area contributed by atoms with Crippen molar-refractivity contribution in [3.8, 4) is 17.5 Å². The van der Waals surface area contributed by atoms with E-state index in [0.717, 1.165) is 17.1 Å². The SMILES string of the molecule is CCc1nc(-c2nc(SCc3cccc(NC(=O)c4ccc(Cl)c(Cl)c4)c3)[nH]c(=O)c2C#N)c(C)[nH]1. The van der Waals surface area contributed by atoms with Crippen LogP contribution in [0.3, 0.4) is 0 Å². The van der Waals surface area contributed by atoms with Gasteiger partial charge >= 0.3 is 0 Å². The molecule has 4 rings (SSSR count). The Kier molecular flexibility index (Phi) is 7.79. The summed E-state index contributed by atoms with van der Waals surface area (Å²) in [6.07, 6.45) is 0.686. The third kappa shape index (κ3) is 5.62. The van der Waals surface area contributed by atoms with E-state index in [1.807, 2.05) is 38.1 Å². The number of nitrogens with zero attached hydrogens (tertiary/aromatic N) is 3. The number of imidazole rings is 1. The van der Waals surface area contributed by atoms with E-state index in [0.29, 0.717) is 44.3 Å². The summed E-state index contributed by atoms with van der Waals surface area (Å²) in [4.78, 5) is 40.0. The molecule has 182 valence electrons. The second-order valence-electron chi connectivity index (χ2n) is 7.79. The van der Waals surface area contributed by atoms with Crippen LogP contribution < -0.4 is 10.9 Å². The van der Waals surface area contributed by atoms with Crippen LogP contribution in [0.4, 0.5) is 5.69 Å². The van der Waals surface area contributed by atoms with Crippen LogP contribution in [0.15, 0.2) is 52.4 Å². The average Bonchev–Trinajstić information content (AvgIpc) is 3.24. The summed E-state index contributed by atoms with van der Waals surface area (Å²) < 4.78 is 0. The maximum absolute atomic E-state index is 12.6. The number of aromatic amines is 2. The van der Waals surface area contributed by atoms with Crippen molar-refractivity contribution < 1.29 is 4.79 Å². The number of rotatable bonds is 7. The van der Waals surface area contributed by atoms with Crippen molar-refractivity contribution in [2.45, 2.75) is 31.2 Å². The first-order chi connectivity index (χ1) is 17.3. The van der Waals surface area contributed by atoms with E-state index >= 15 is 0 Å². The fraction of sp³-hybridized carbons (Fsp3) is 0.160. The van der Waals surface area contributed by atoms with Crippen molar-refractivity contribution >= 4 is 46.6 Å². The van der Waals surface area contributed by atoms with Crippen molar-refractivity contribution in [2.24, 2.45) is 0 Å². The molecule has 0 bridgehead atoms. The van der Waals surface area contributed by atoms with E-state index in [9.17, 15) is 14.9 Å². The second kappa shape index (κ2) is 11.0. The molecule has 8 nitrogen and oxygen atoms in total. The standard InChI is InChI=1S/C25H20Cl2N6O2S/c1-3-20-29-13(2)21(31-20)22-17(11-28)24(35)33-25(32-22)36-12-14-5-4-6-16(9-14)30-23(34)15-7-8-18(26)19(27)10-15/h4-10H,3,12H2,1-2H3,(H,29,31)(H,30,34)(H,32,33,35). The van der Waals surface area contributed by atoms with Gasteiger partial charge < -0.3 is 15.3 Å². The number of aromatic nitrogens is 4. The van der Waals surface area contributed by atoms with Gasteiger partial charge in [0.1, 0.15) is 28.8 Å². The molecule has 2 aromatic carbocycles. The summed E-state index contributed by atoms with van der Waals surface area (Å²) in [5, 5.41) is 13.4. The minimum atomic E-state index is -0.520. The highest BCUT2D eigenvalue weighted by Gasteiger charge is 2.19. The van der Waals surface area contributed by atoms with Crippen molar-refractivity contribution in [1.82, 2.24) is 19.9 Å². The highest BCUT2D eigenvalue weighted by molar-refractivity contribution is 7.98. The van der Waals surface area contributed by atoms with Crippen molar-refractivity contribution in [1.29, 1.82) is 5.26 Å². The molecule has 0 atom stereocenters. The summed E-state index contributed by atoms with van der Waals surface area (Å²) >= 11 is 13.2. The van der Waals surface area contributed by atoms with Gasteiger partial charge in [0.05, 0.1) is 10.0 Å². The van der Waals surface area contributed by atoms with Crippen LogP contribution in [0.25, 0.3) is 11.4 Å². The molecule has 11 heteroatoms. The van der Waals surface area contributed by atoms with Crippen LogP contribution in [0.5, 0.6) is 0 Å². The summed E-state index contributed by atoms with van der Waals surface area (Å²) in [6, 6.07) is 13.9. The Morgan fingerprint density at radius 3 is 2.61 bits per heavy atom. The molecule has 0 aliphatic carbocycles. The van der Waals surface area contributed by atoms with E-state index in [1.165, 1.54) is 17.8 Å². The Labute approximate surface area is 221 Å². The number of aryl methyl sites for hydroxylation is 2. The molecule has 4 aromatic rings. The molecular formula is C25H20Cl2N6O2S. The predicted octanol–water partition coefficient (Wildman–Crippen LogP) is 5.75. The number of nitrogens with one attached hydrogen (secondary N) is 3. The quantitative estimate of drug-likeness (QED) is 0.203. The molecule has 1 amide bonds. The zero-order valence-electron chi connectivity index (χ0n) is 19.3. The van der Waals surface area contributed by atoms with Gasteiger partial charge in [-0.05, 0) is 42.8 Å². The molecule has 0 aliphatic rings. The number of halogens is 2. The Balaban J connectivity index is 1.53. The number of benzene rings is 2. The molecule has 2 heterocycles. The first-order valence-corrected chi connectivity index (χ1v) is 12.6. The minimum Gasteiger partial charge on any atom is -0.346 e. The van der Waals surface area contributed by atoms with Crippen LogP contribution in [-0.4, -0.2) is 25.8 Å². The fourth-order valence-corrected chi connectivity index (χ4v) is 4.55. The van der Waals surface area contributed by atoms with E-state index in [4.69, 9.17) is 23.2 Å². The van der Waals surface area contributed by atoms with Gasteiger partial charge in [-0.1, -0.05) is 54.0 Å². The average molecular weight is 539 g/mol. The molecule has 0 saturated carbocycles. The third-order valence-corrected chi connectivity index (χ3v) is 6.93. The lowest BCUT2D eigenvalue weighted by molar-refractivity contribution is 0.102. The van der Waals surface area contributed by atoms with E-state index in [1.54, 1.807) is 18.2 Å². The normalized spacial score (nSPS) is 10.8. The van der Waals surface area contributed by atoms with Gasteiger partial charge in [-0.2, -0.15) is 5.26 Å². The van der Waals surface area contributed by atoms with Gasteiger partial charge in [0.15, 0.2) is 5.16 Å². The summed E-state index contributed by atoms with van der Waals surface area (Å²) in [5.41, 5.74) is 2.76. The Bertz CT molecular complexity index is 1560. The van der Waals surface area contributed by atoms with E-state index < -0.39 is 5.56 Å². The molecule has 0 spiro atoms.